The maximum atomic E-state index is 12.4. The molecule has 13 heteroatoms. The molecule has 2 heterocycles. The van der Waals surface area contributed by atoms with Crippen molar-refractivity contribution in [3.05, 3.63) is 37.9 Å². The Morgan fingerprint density at radius 2 is 1.76 bits per heavy atom. The highest BCUT2D eigenvalue weighted by Crippen LogP contribution is 2.33. The van der Waals surface area contributed by atoms with Gasteiger partial charge in [-0.1, -0.05) is 0 Å². The maximum Gasteiger partial charge on any atom is 0.341 e. The van der Waals surface area contributed by atoms with Crippen LogP contribution in [0.15, 0.2) is 12.1 Å². The molecule has 0 saturated carbocycles. The second-order valence-corrected chi connectivity index (χ2v) is 8.86. The van der Waals surface area contributed by atoms with E-state index in [1.807, 2.05) is 6.92 Å². The van der Waals surface area contributed by atoms with Gasteiger partial charge in [0.1, 0.15) is 18.2 Å². The molecule has 0 saturated heterocycles. The van der Waals surface area contributed by atoms with Crippen LogP contribution in [0, 0.1) is 13.8 Å². The molecule has 0 unspecified atom stereocenters. The lowest BCUT2D eigenvalue weighted by atomic mass is 10.1. The Morgan fingerprint density at radius 3 is 2.36 bits per heavy atom. The zero-order valence-corrected chi connectivity index (χ0v) is 19.8. The highest BCUT2D eigenvalue weighted by molar-refractivity contribution is 7.18. The lowest BCUT2D eigenvalue weighted by Crippen LogP contribution is -2.31. The number of carbonyl (C=O) groups is 5. The fourth-order valence-electron chi connectivity index (χ4n) is 2.53. The number of hydrogen-bond donors (Lipinski definition) is 3. The van der Waals surface area contributed by atoms with E-state index in [1.165, 1.54) is 25.4 Å². The summed E-state index contributed by atoms with van der Waals surface area (Å²) in [6, 6.07) is 3.41. The number of rotatable bonds is 11. The fourth-order valence-corrected chi connectivity index (χ4v) is 4.38. The number of nitrogens with two attached hydrogens (primary N) is 1. The molecule has 0 aliphatic carbocycles. The van der Waals surface area contributed by atoms with Crippen LogP contribution in [-0.2, 0) is 23.8 Å². The van der Waals surface area contributed by atoms with Gasteiger partial charge in [0.05, 0.1) is 21.9 Å². The van der Waals surface area contributed by atoms with E-state index in [-0.39, 0.29) is 34.2 Å². The first kappa shape index (κ1) is 26.0. The minimum atomic E-state index is -0.828. The number of carbonyl (C=O) groups excluding carboxylic acids is 5. The standard InChI is InChI=1S/C20H23N3O8S2/c1-10-4-5-12(32-10)18(27)22-8-14(25)31-9-13(24)23-19-15(20(28)30-7-6-29-3)11(2)16(33-19)17(21)26/h4-5H,6-9H2,1-3H3,(H2,21,26)(H,22,27)(H,23,24). The maximum absolute atomic E-state index is 12.4. The van der Waals surface area contributed by atoms with Crippen molar-refractivity contribution in [1.29, 1.82) is 0 Å². The molecule has 3 amide bonds. The number of anilines is 1. The monoisotopic (exact) mass is 497 g/mol. The van der Waals surface area contributed by atoms with Crippen LogP contribution >= 0.6 is 22.7 Å². The van der Waals surface area contributed by atoms with Crippen LogP contribution in [0.4, 0.5) is 5.00 Å². The molecule has 0 aliphatic heterocycles. The van der Waals surface area contributed by atoms with E-state index >= 15 is 0 Å². The van der Waals surface area contributed by atoms with Gasteiger partial charge in [-0.25, -0.2) is 4.79 Å². The Kier molecular flexibility index (Phi) is 9.51. The van der Waals surface area contributed by atoms with E-state index in [0.29, 0.717) is 4.88 Å². The van der Waals surface area contributed by atoms with E-state index in [0.717, 1.165) is 16.2 Å². The van der Waals surface area contributed by atoms with Crippen LogP contribution in [0.2, 0.25) is 0 Å². The molecule has 11 nitrogen and oxygen atoms in total. The van der Waals surface area contributed by atoms with Crippen LogP contribution in [-0.4, -0.2) is 63.1 Å². The van der Waals surface area contributed by atoms with Crippen molar-refractivity contribution in [3.63, 3.8) is 0 Å². The van der Waals surface area contributed by atoms with Gasteiger partial charge in [0.2, 0.25) is 0 Å². The summed E-state index contributed by atoms with van der Waals surface area (Å²) in [7, 11) is 1.44. The molecule has 2 aromatic rings. The Morgan fingerprint density at radius 1 is 1.03 bits per heavy atom. The van der Waals surface area contributed by atoms with Gasteiger partial charge in [-0.15, -0.1) is 22.7 Å². The van der Waals surface area contributed by atoms with Crippen molar-refractivity contribution in [2.45, 2.75) is 13.8 Å². The molecule has 2 rings (SSSR count). The van der Waals surface area contributed by atoms with Crippen LogP contribution in [0.1, 0.15) is 40.1 Å². The summed E-state index contributed by atoms with van der Waals surface area (Å²) in [5.74, 6) is -3.56. The number of esters is 2. The van der Waals surface area contributed by atoms with Crippen molar-refractivity contribution in [3.8, 4) is 0 Å². The summed E-state index contributed by atoms with van der Waals surface area (Å²) >= 11 is 2.08. The third-order valence-corrected chi connectivity index (χ3v) is 6.29. The van der Waals surface area contributed by atoms with Crippen molar-refractivity contribution in [1.82, 2.24) is 5.32 Å². The summed E-state index contributed by atoms with van der Waals surface area (Å²) < 4.78 is 14.7. The van der Waals surface area contributed by atoms with Crippen molar-refractivity contribution >= 4 is 57.3 Å². The predicted molar refractivity (Wildman–Crippen MR) is 121 cm³/mol. The molecule has 178 valence electrons. The van der Waals surface area contributed by atoms with Gasteiger partial charge < -0.3 is 30.6 Å². The number of primary amides is 1. The fraction of sp³-hybridized carbons (Fsp3) is 0.350. The minimum Gasteiger partial charge on any atom is -0.460 e. The molecule has 2 aromatic heterocycles. The quantitative estimate of drug-likeness (QED) is 0.308. The highest BCUT2D eigenvalue weighted by Gasteiger charge is 2.26. The number of thiophene rings is 2. The summed E-state index contributed by atoms with van der Waals surface area (Å²) in [6.07, 6.45) is 0. The molecular weight excluding hydrogens is 474 g/mol. The number of ether oxygens (including phenoxy) is 3. The lowest BCUT2D eigenvalue weighted by molar-refractivity contribution is -0.146. The number of aryl methyl sites for hydroxylation is 1. The molecule has 0 fully saturated rings. The minimum absolute atomic E-state index is 0.0249. The van der Waals surface area contributed by atoms with E-state index in [4.69, 9.17) is 19.9 Å². The van der Waals surface area contributed by atoms with Gasteiger partial charge in [0.15, 0.2) is 6.61 Å². The van der Waals surface area contributed by atoms with Gasteiger partial charge in [-0.05, 0) is 31.5 Å². The molecule has 0 aromatic carbocycles. The van der Waals surface area contributed by atoms with Gasteiger partial charge in [-0.2, -0.15) is 0 Å². The normalized spacial score (nSPS) is 10.4. The molecule has 0 radical (unpaired) electrons. The molecule has 33 heavy (non-hydrogen) atoms. The first-order valence-corrected chi connectivity index (χ1v) is 11.2. The van der Waals surface area contributed by atoms with E-state index in [2.05, 4.69) is 10.6 Å². The van der Waals surface area contributed by atoms with Crippen molar-refractivity contribution in [2.24, 2.45) is 5.73 Å². The number of amides is 3. The Balaban J connectivity index is 1.94. The van der Waals surface area contributed by atoms with Crippen molar-refractivity contribution in [2.75, 3.05) is 38.8 Å². The van der Waals surface area contributed by atoms with Crippen LogP contribution in [0.25, 0.3) is 0 Å². The molecule has 4 N–H and O–H groups in total. The third-order valence-electron chi connectivity index (χ3n) is 4.07. The molecule has 0 atom stereocenters. The van der Waals surface area contributed by atoms with E-state index < -0.39 is 42.8 Å². The lowest BCUT2D eigenvalue weighted by Gasteiger charge is -2.09. The summed E-state index contributed by atoms with van der Waals surface area (Å²) in [6.45, 7) is 2.38. The predicted octanol–water partition coefficient (Wildman–Crippen LogP) is 1.24. The van der Waals surface area contributed by atoms with Crippen LogP contribution in [0.5, 0.6) is 0 Å². The SMILES string of the molecule is COCCOC(=O)c1c(NC(=O)COC(=O)CNC(=O)c2ccc(C)s2)sc(C(N)=O)c1C. The highest BCUT2D eigenvalue weighted by atomic mass is 32.1. The van der Waals surface area contributed by atoms with Gasteiger partial charge in [0.25, 0.3) is 17.7 Å². The summed E-state index contributed by atoms with van der Waals surface area (Å²) in [4.78, 5) is 61.6. The van der Waals surface area contributed by atoms with Gasteiger partial charge >= 0.3 is 11.9 Å². The summed E-state index contributed by atoms with van der Waals surface area (Å²) in [5.41, 5.74) is 5.57. The average molecular weight is 498 g/mol. The number of hydrogen-bond acceptors (Lipinski definition) is 10. The summed E-state index contributed by atoms with van der Waals surface area (Å²) in [5, 5.41) is 4.86. The molecule has 0 aliphatic rings. The topological polar surface area (TPSA) is 163 Å². The second kappa shape index (κ2) is 12.1. The van der Waals surface area contributed by atoms with Gasteiger partial charge in [-0.3, -0.25) is 19.2 Å². The molecule has 0 spiro atoms. The first-order valence-electron chi connectivity index (χ1n) is 9.53. The van der Waals surface area contributed by atoms with Crippen LogP contribution < -0.4 is 16.4 Å². The van der Waals surface area contributed by atoms with Crippen LogP contribution in [0.3, 0.4) is 0 Å². The molecular formula is C20H23N3O8S2. The smallest absolute Gasteiger partial charge is 0.341 e. The average Bonchev–Trinajstić information content (AvgIpc) is 3.33. The van der Waals surface area contributed by atoms with Crippen molar-refractivity contribution < 1.29 is 38.2 Å². The molecule has 0 bridgehead atoms. The van der Waals surface area contributed by atoms with Gasteiger partial charge in [0, 0.05) is 12.0 Å². The zero-order valence-electron chi connectivity index (χ0n) is 18.1. The number of methoxy groups -OCH3 is 1. The second-order valence-electron chi connectivity index (χ2n) is 6.56. The Bertz CT molecular complexity index is 1060. The first-order chi connectivity index (χ1) is 15.6. The zero-order chi connectivity index (χ0) is 24.5. The largest absolute Gasteiger partial charge is 0.460 e. The third kappa shape index (κ3) is 7.37. The van der Waals surface area contributed by atoms with E-state index in [9.17, 15) is 24.0 Å². The number of nitrogens with one attached hydrogen (secondary N) is 2. The van der Waals surface area contributed by atoms with E-state index in [1.54, 1.807) is 12.1 Å². The Labute approximate surface area is 197 Å². The Hall–Kier alpha value is -3.29.